The van der Waals surface area contributed by atoms with Gasteiger partial charge in [0, 0.05) is 0 Å². The molecule has 0 aliphatic rings. The fourth-order valence-electron chi connectivity index (χ4n) is 3.44. The van der Waals surface area contributed by atoms with Gasteiger partial charge < -0.3 is 16.2 Å². The lowest BCUT2D eigenvalue weighted by Gasteiger charge is -2.11. The van der Waals surface area contributed by atoms with Crippen LogP contribution in [0.1, 0.15) is 0 Å². The van der Waals surface area contributed by atoms with E-state index in [2.05, 4.69) is 24.6 Å². The van der Waals surface area contributed by atoms with Crippen molar-refractivity contribution in [3.63, 3.8) is 0 Å². The Bertz CT molecular complexity index is 2100. The Kier molecular flexibility index (Phi) is 10.1. The Hall–Kier alpha value is -4.10. The first-order valence-electron chi connectivity index (χ1n) is 11.4. The molecule has 0 aromatic heterocycles. The number of methoxy groups -OCH3 is 1. The summed E-state index contributed by atoms with van der Waals surface area (Å²) in [5.41, 5.74) is 8.69. The van der Waals surface area contributed by atoms with Gasteiger partial charge in [-0.25, -0.2) is 12.6 Å². The minimum atomic E-state index is -5.08. The highest BCUT2D eigenvalue weighted by Crippen LogP contribution is 2.44. The van der Waals surface area contributed by atoms with Crippen molar-refractivity contribution in [2.24, 2.45) is 20.5 Å². The van der Waals surface area contributed by atoms with Crippen LogP contribution in [0.5, 0.6) is 5.75 Å². The average Bonchev–Trinajstić information content (AvgIpc) is 2.90. The molecule has 0 fully saturated rings. The van der Waals surface area contributed by atoms with Crippen molar-refractivity contribution < 1.29 is 56.2 Å². The highest BCUT2D eigenvalue weighted by atomic mass is 32.3. The highest BCUT2D eigenvalue weighted by molar-refractivity contribution is 7.91. The Balaban J connectivity index is 2.16. The molecular weight excluding hydrogens is 673 g/mol. The number of anilines is 2. The quantitative estimate of drug-likeness (QED) is 0.103. The minimum absolute atomic E-state index is 0.316. The maximum Gasteiger partial charge on any atom is 0.397 e. The molecule has 238 valence electrons. The number of hydrogen-bond donors (Lipinski definition) is 5. The summed E-state index contributed by atoms with van der Waals surface area (Å²) in [4.78, 5) is -2.24. The zero-order chi connectivity index (χ0) is 33.1. The van der Waals surface area contributed by atoms with Crippen LogP contribution >= 0.6 is 0 Å². The van der Waals surface area contributed by atoms with Crippen LogP contribution in [0, 0.1) is 0 Å². The van der Waals surface area contributed by atoms with Gasteiger partial charge in [0.05, 0.1) is 35.7 Å². The summed E-state index contributed by atoms with van der Waals surface area (Å²) in [6, 6.07) is 9.22. The van der Waals surface area contributed by atoms with Crippen molar-refractivity contribution in [3.05, 3.63) is 48.5 Å². The van der Waals surface area contributed by atoms with E-state index in [-0.39, 0.29) is 11.4 Å². The van der Waals surface area contributed by atoms with Crippen molar-refractivity contribution in [2.45, 2.75) is 14.7 Å². The smallest absolute Gasteiger partial charge is 0.397 e. The van der Waals surface area contributed by atoms with Gasteiger partial charge in [-0.15, -0.1) is 20.5 Å². The molecule has 3 rings (SSSR count). The van der Waals surface area contributed by atoms with Crippen molar-refractivity contribution >= 4 is 74.6 Å². The molecule has 19 nitrogen and oxygen atoms in total. The van der Waals surface area contributed by atoms with E-state index in [1.807, 2.05) is 0 Å². The third kappa shape index (κ3) is 8.29. The molecule has 0 atom stereocenters. The number of ether oxygens (including phenoxy) is 1. The van der Waals surface area contributed by atoms with Gasteiger partial charge in [-0.05, 0) is 30.3 Å². The number of hydrogen-bond acceptors (Lipinski definition) is 16. The second kappa shape index (κ2) is 12.9. The monoisotopic (exact) mass is 694 g/mol. The van der Waals surface area contributed by atoms with Gasteiger partial charge in [-0.3, -0.25) is 13.7 Å². The van der Waals surface area contributed by atoms with Crippen LogP contribution in [0.3, 0.4) is 0 Å². The SMILES string of the molecule is COc1cccc(N=Nc2c(N)c(N=Nc3ccccc3S(=O)(=O)CCOS(=O)(=O)O)cc(S(=O)(=O)O)c2N)c1S(=O)(=O)O. The Labute approximate surface area is 250 Å². The summed E-state index contributed by atoms with van der Waals surface area (Å²) in [6.07, 6.45) is 0. The van der Waals surface area contributed by atoms with E-state index in [1.54, 1.807) is 0 Å². The molecule has 0 saturated heterocycles. The molecule has 0 aliphatic carbocycles. The Morgan fingerprint density at radius 2 is 1.30 bits per heavy atom. The molecule has 44 heavy (non-hydrogen) atoms. The molecule has 0 spiro atoms. The summed E-state index contributed by atoms with van der Waals surface area (Å²) in [7, 11) is -18.1. The fourth-order valence-corrected chi connectivity index (χ4v) is 6.49. The summed E-state index contributed by atoms with van der Waals surface area (Å²) >= 11 is 0. The van der Waals surface area contributed by atoms with Crippen LogP contribution in [-0.4, -0.2) is 66.8 Å². The lowest BCUT2D eigenvalue weighted by molar-refractivity contribution is 0.284. The van der Waals surface area contributed by atoms with Crippen LogP contribution in [0.2, 0.25) is 0 Å². The van der Waals surface area contributed by atoms with Crippen molar-refractivity contribution in [1.29, 1.82) is 0 Å². The molecule has 3 aromatic carbocycles. The Morgan fingerprint density at radius 1 is 0.705 bits per heavy atom. The van der Waals surface area contributed by atoms with Crippen molar-refractivity contribution in [1.82, 2.24) is 0 Å². The predicted octanol–water partition coefficient (Wildman–Crippen LogP) is 2.78. The first kappa shape index (κ1) is 34.4. The molecule has 23 heteroatoms. The molecule has 0 heterocycles. The van der Waals surface area contributed by atoms with Crippen LogP contribution in [-0.2, 0) is 44.7 Å². The third-order valence-electron chi connectivity index (χ3n) is 5.34. The van der Waals surface area contributed by atoms with E-state index in [4.69, 9.17) is 20.8 Å². The van der Waals surface area contributed by atoms with Gasteiger partial charge in [0.2, 0.25) is 0 Å². The van der Waals surface area contributed by atoms with Crippen LogP contribution in [0.25, 0.3) is 0 Å². The standard InChI is InChI=1S/C21H22N6O13S4/c1-39-15-7-4-6-13(21(15)43(33,34)35)25-27-20-18(22)14(11-17(19(20)23)42(30,31)32)26-24-12-5-2-3-8-16(12)41(28,29)10-9-40-44(36,37)38/h2-8,11H,9-10,22-23H2,1H3,(H,30,31,32)(H,33,34,35)(H,36,37,38). The number of azo groups is 2. The molecule has 0 bridgehead atoms. The van der Waals surface area contributed by atoms with Gasteiger partial charge in [-0.2, -0.15) is 25.3 Å². The first-order valence-corrected chi connectivity index (χ1v) is 17.3. The zero-order valence-corrected chi connectivity index (χ0v) is 25.3. The van der Waals surface area contributed by atoms with Crippen molar-refractivity contribution in [2.75, 3.05) is 30.9 Å². The summed E-state index contributed by atoms with van der Waals surface area (Å²) in [5.74, 6) is -1.22. The van der Waals surface area contributed by atoms with E-state index in [9.17, 15) is 42.8 Å². The molecule has 7 N–H and O–H groups in total. The molecular formula is C21H22N6O13S4. The van der Waals surface area contributed by atoms with E-state index in [0.29, 0.717) is 6.07 Å². The van der Waals surface area contributed by atoms with Gasteiger partial charge in [0.1, 0.15) is 33.4 Å². The lowest BCUT2D eigenvalue weighted by atomic mass is 10.2. The zero-order valence-electron chi connectivity index (χ0n) is 22.0. The number of rotatable bonds is 12. The molecule has 0 amide bonds. The highest BCUT2D eigenvalue weighted by Gasteiger charge is 2.25. The normalized spacial score (nSPS) is 13.1. The number of nitrogens with zero attached hydrogens (tertiary/aromatic N) is 4. The summed E-state index contributed by atoms with van der Waals surface area (Å²) < 4.78 is 132. The molecule has 0 aliphatic heterocycles. The summed E-state index contributed by atoms with van der Waals surface area (Å²) in [5, 5.41) is 15.0. The number of sulfone groups is 1. The fraction of sp³-hybridized carbons (Fsp3) is 0.143. The Morgan fingerprint density at radius 3 is 1.89 bits per heavy atom. The number of benzene rings is 3. The van der Waals surface area contributed by atoms with E-state index >= 15 is 0 Å². The maximum atomic E-state index is 12.8. The molecule has 3 aromatic rings. The molecule has 0 unspecified atom stereocenters. The van der Waals surface area contributed by atoms with E-state index < -0.39 is 96.0 Å². The van der Waals surface area contributed by atoms with Crippen LogP contribution in [0.15, 0.2) is 83.7 Å². The number of nitrogen functional groups attached to an aromatic ring is 2. The van der Waals surface area contributed by atoms with Gasteiger partial charge in [-0.1, -0.05) is 18.2 Å². The third-order valence-corrected chi connectivity index (χ3v) is 9.35. The minimum Gasteiger partial charge on any atom is -0.495 e. The second-order valence-electron chi connectivity index (χ2n) is 8.26. The maximum absolute atomic E-state index is 12.8. The largest absolute Gasteiger partial charge is 0.495 e. The summed E-state index contributed by atoms with van der Waals surface area (Å²) in [6.45, 7) is -0.934. The van der Waals surface area contributed by atoms with E-state index in [0.717, 1.165) is 19.2 Å². The lowest BCUT2D eigenvalue weighted by Crippen LogP contribution is -2.15. The predicted molar refractivity (Wildman–Crippen MR) is 152 cm³/mol. The first-order chi connectivity index (χ1) is 20.3. The van der Waals surface area contributed by atoms with Gasteiger partial charge in [0.25, 0.3) is 20.2 Å². The average molecular weight is 695 g/mol. The van der Waals surface area contributed by atoms with Crippen LogP contribution in [0.4, 0.5) is 34.1 Å². The molecule has 0 radical (unpaired) electrons. The van der Waals surface area contributed by atoms with E-state index in [1.165, 1.54) is 30.3 Å². The molecule has 0 saturated carbocycles. The van der Waals surface area contributed by atoms with Crippen molar-refractivity contribution in [3.8, 4) is 5.75 Å². The number of nitrogens with two attached hydrogens (primary N) is 2. The van der Waals surface area contributed by atoms with Gasteiger partial charge >= 0.3 is 10.4 Å². The topological polar surface area (TPSA) is 317 Å². The van der Waals surface area contributed by atoms with Gasteiger partial charge in [0.15, 0.2) is 14.7 Å². The van der Waals surface area contributed by atoms with Crippen LogP contribution < -0.4 is 16.2 Å². The second-order valence-corrected chi connectivity index (χ2v) is 14.2.